The summed E-state index contributed by atoms with van der Waals surface area (Å²) in [7, 11) is -0.478. The van der Waals surface area contributed by atoms with E-state index in [-0.39, 0.29) is 21.1 Å². The summed E-state index contributed by atoms with van der Waals surface area (Å²) in [6.07, 6.45) is 0. The summed E-state index contributed by atoms with van der Waals surface area (Å²) in [6, 6.07) is 0. The van der Waals surface area contributed by atoms with E-state index in [0.29, 0.717) is 0 Å². The maximum Gasteiger partial charge on any atom is 0.197 e. The molecule has 0 atom stereocenters. The van der Waals surface area contributed by atoms with Crippen molar-refractivity contribution in [3.63, 3.8) is 0 Å². The minimum absolute atomic E-state index is 0. The molecular weight excluding hydrogens is 315 g/mol. The van der Waals surface area contributed by atoms with E-state index in [1.54, 1.807) is 0 Å². The molecule has 52 valence electrons. The third-order valence-electron chi connectivity index (χ3n) is 1.02. The number of hydrogen-bond acceptors (Lipinski definition) is 1. The molecule has 0 aliphatic heterocycles. The molecule has 0 heterocycles. The molecule has 8 heavy (non-hydrogen) atoms. The largest absolute Gasteiger partial charge is 0.461 e. The molecule has 0 bridgehead atoms. The summed E-state index contributed by atoms with van der Waals surface area (Å²) in [4.78, 5) is 0. The minimum Gasteiger partial charge on any atom is -0.461 e. The van der Waals surface area contributed by atoms with Gasteiger partial charge in [0.05, 0.1) is 0 Å². The summed E-state index contributed by atoms with van der Waals surface area (Å²) in [6.45, 7) is 7.93. The van der Waals surface area contributed by atoms with Gasteiger partial charge in [0.25, 0.3) is 0 Å². The van der Waals surface area contributed by atoms with Crippen LogP contribution in [0.1, 0.15) is 0 Å². The minimum atomic E-state index is -1.33. The standard InChI is InChI=1S/C4H12OSi2.Pt/c1-4-7(2,3)5-6;/h4H,1H2,2-3,6H3;. The van der Waals surface area contributed by atoms with Gasteiger partial charge in [-0.1, -0.05) is 5.70 Å². The van der Waals surface area contributed by atoms with Gasteiger partial charge in [0, 0.05) is 21.1 Å². The second-order valence-corrected chi connectivity index (χ2v) is 7.26. The summed E-state index contributed by atoms with van der Waals surface area (Å²) in [5.74, 6) is 0. The SMILES string of the molecule is C=C[Si](C)(C)O[SiH3].[Pt]. The molecule has 0 radical (unpaired) electrons. The Balaban J connectivity index is 0. The molecule has 0 N–H and O–H groups in total. The molecule has 0 amide bonds. The van der Waals surface area contributed by atoms with Crippen LogP contribution >= 0.6 is 0 Å². The topological polar surface area (TPSA) is 9.23 Å². The van der Waals surface area contributed by atoms with Crippen LogP contribution in [0.4, 0.5) is 0 Å². The van der Waals surface area contributed by atoms with Gasteiger partial charge < -0.3 is 4.12 Å². The van der Waals surface area contributed by atoms with Crippen molar-refractivity contribution < 1.29 is 25.2 Å². The summed E-state index contributed by atoms with van der Waals surface area (Å²) in [5.41, 5.74) is 1.94. The molecule has 0 aliphatic rings. The second-order valence-electron chi connectivity index (χ2n) is 2.01. The number of hydrogen-bond donors (Lipinski definition) is 0. The Morgan fingerprint density at radius 1 is 1.62 bits per heavy atom. The van der Waals surface area contributed by atoms with Crippen molar-refractivity contribution in [1.29, 1.82) is 0 Å². The van der Waals surface area contributed by atoms with E-state index < -0.39 is 8.32 Å². The Morgan fingerprint density at radius 3 is 2.00 bits per heavy atom. The molecular formula is C4H12OPtSi2. The molecule has 0 saturated carbocycles. The predicted octanol–water partition coefficient (Wildman–Crippen LogP) is 0.211. The van der Waals surface area contributed by atoms with E-state index in [0.717, 1.165) is 10.5 Å². The Bertz CT molecular complexity index is 74.4. The molecule has 0 unspecified atom stereocenters. The van der Waals surface area contributed by atoms with Gasteiger partial charge in [-0.2, -0.15) is 0 Å². The van der Waals surface area contributed by atoms with Gasteiger partial charge in [0.15, 0.2) is 8.32 Å². The Hall–Kier alpha value is 0.822. The fourth-order valence-electron chi connectivity index (χ4n) is 0.0833. The van der Waals surface area contributed by atoms with Gasteiger partial charge in [0.2, 0.25) is 0 Å². The van der Waals surface area contributed by atoms with Crippen LogP contribution in [0.3, 0.4) is 0 Å². The van der Waals surface area contributed by atoms with Crippen molar-refractivity contribution in [1.82, 2.24) is 0 Å². The molecule has 0 aromatic heterocycles. The molecule has 1 nitrogen and oxygen atoms in total. The first-order chi connectivity index (χ1) is 3.12. The predicted molar refractivity (Wildman–Crippen MR) is 38.7 cm³/mol. The van der Waals surface area contributed by atoms with Crippen LogP contribution in [0.2, 0.25) is 13.1 Å². The molecule has 0 rings (SSSR count). The molecule has 0 spiro atoms. The van der Waals surface area contributed by atoms with Crippen molar-refractivity contribution in [2.24, 2.45) is 0 Å². The first-order valence-electron chi connectivity index (χ1n) is 2.31. The van der Waals surface area contributed by atoms with Crippen LogP contribution in [-0.2, 0) is 25.2 Å². The quantitative estimate of drug-likeness (QED) is 0.659. The van der Waals surface area contributed by atoms with Crippen LogP contribution < -0.4 is 0 Å². The first kappa shape index (κ1) is 11.6. The zero-order chi connectivity index (χ0) is 5.91. The average molecular weight is 327 g/mol. The molecule has 0 fully saturated rings. The van der Waals surface area contributed by atoms with Crippen molar-refractivity contribution in [2.75, 3.05) is 0 Å². The van der Waals surface area contributed by atoms with E-state index >= 15 is 0 Å². The van der Waals surface area contributed by atoms with Gasteiger partial charge in [-0.15, -0.1) is 6.58 Å². The second kappa shape index (κ2) is 4.68. The van der Waals surface area contributed by atoms with Crippen molar-refractivity contribution in [3.05, 3.63) is 12.3 Å². The van der Waals surface area contributed by atoms with Gasteiger partial charge in [0.1, 0.15) is 10.5 Å². The average Bonchev–Trinajstić information content (AvgIpc) is 1.68. The van der Waals surface area contributed by atoms with Crippen LogP contribution in [0.5, 0.6) is 0 Å². The van der Waals surface area contributed by atoms with E-state index in [2.05, 4.69) is 19.7 Å². The fraction of sp³-hybridized carbons (Fsp3) is 0.500. The maximum absolute atomic E-state index is 5.25. The Morgan fingerprint density at radius 2 is 2.00 bits per heavy atom. The molecule has 4 heteroatoms. The molecule has 0 saturated heterocycles. The summed E-state index contributed by atoms with van der Waals surface area (Å²) in [5, 5.41) is 0. The Labute approximate surface area is 69.4 Å². The smallest absolute Gasteiger partial charge is 0.197 e. The van der Waals surface area contributed by atoms with Crippen molar-refractivity contribution in [2.45, 2.75) is 13.1 Å². The van der Waals surface area contributed by atoms with Crippen LogP contribution in [0.25, 0.3) is 0 Å². The zero-order valence-electron chi connectivity index (χ0n) is 5.51. The first-order valence-corrected chi connectivity index (χ1v) is 6.11. The summed E-state index contributed by atoms with van der Waals surface area (Å²) < 4.78 is 5.25. The zero-order valence-corrected chi connectivity index (χ0v) is 10.8. The van der Waals surface area contributed by atoms with Gasteiger partial charge >= 0.3 is 0 Å². The molecule has 0 aromatic rings. The van der Waals surface area contributed by atoms with Crippen LogP contribution in [0.15, 0.2) is 12.3 Å². The summed E-state index contributed by atoms with van der Waals surface area (Å²) >= 11 is 0. The normalized spacial score (nSPS) is 10.2. The van der Waals surface area contributed by atoms with E-state index in [1.165, 1.54) is 0 Å². The third-order valence-corrected chi connectivity index (χ3v) is 6.21. The van der Waals surface area contributed by atoms with E-state index in [4.69, 9.17) is 4.12 Å². The van der Waals surface area contributed by atoms with Gasteiger partial charge in [-0.25, -0.2) is 0 Å². The van der Waals surface area contributed by atoms with Gasteiger partial charge in [-0.3, -0.25) is 0 Å². The van der Waals surface area contributed by atoms with Crippen LogP contribution in [-0.4, -0.2) is 18.8 Å². The fourth-order valence-corrected chi connectivity index (χ4v) is 0.750. The van der Waals surface area contributed by atoms with Crippen molar-refractivity contribution >= 4 is 18.8 Å². The number of rotatable bonds is 2. The maximum atomic E-state index is 5.25. The van der Waals surface area contributed by atoms with Crippen LogP contribution in [0, 0.1) is 0 Å². The Kier molecular flexibility index (Phi) is 6.78. The molecule has 0 aliphatic carbocycles. The van der Waals surface area contributed by atoms with Crippen molar-refractivity contribution in [3.8, 4) is 0 Å². The third kappa shape index (κ3) is 4.97. The van der Waals surface area contributed by atoms with E-state index in [1.807, 2.05) is 5.70 Å². The van der Waals surface area contributed by atoms with Gasteiger partial charge in [-0.05, 0) is 13.1 Å². The molecule has 0 aromatic carbocycles. The monoisotopic (exact) mass is 327 g/mol. The van der Waals surface area contributed by atoms with E-state index in [9.17, 15) is 0 Å².